The van der Waals surface area contributed by atoms with E-state index >= 15 is 0 Å². The van der Waals surface area contributed by atoms with Crippen molar-refractivity contribution in [1.82, 2.24) is 4.98 Å². The van der Waals surface area contributed by atoms with Crippen molar-refractivity contribution in [3.8, 4) is 10.6 Å². The number of benzene rings is 1. The van der Waals surface area contributed by atoms with Crippen LogP contribution in [0.15, 0.2) is 24.3 Å². The van der Waals surface area contributed by atoms with Gasteiger partial charge in [0.2, 0.25) is 0 Å². The third-order valence-corrected chi connectivity index (χ3v) is 3.49. The van der Waals surface area contributed by atoms with Crippen LogP contribution in [0.3, 0.4) is 0 Å². The Labute approximate surface area is 107 Å². The number of carboxylic acids is 1. The van der Waals surface area contributed by atoms with Crippen LogP contribution >= 0.6 is 11.3 Å². The summed E-state index contributed by atoms with van der Waals surface area (Å²) in [6, 6.07) is 6.93. The first kappa shape index (κ1) is 12.3. The van der Waals surface area contributed by atoms with Gasteiger partial charge in [-0.15, -0.1) is 11.3 Å². The van der Waals surface area contributed by atoms with Crippen molar-refractivity contribution in [3.63, 3.8) is 0 Å². The molecule has 5 nitrogen and oxygen atoms in total. The molecule has 0 aliphatic carbocycles. The van der Waals surface area contributed by atoms with E-state index < -0.39 is 5.97 Å². The van der Waals surface area contributed by atoms with Crippen molar-refractivity contribution in [2.45, 2.75) is 6.92 Å². The molecule has 0 saturated heterocycles. The Morgan fingerprint density at radius 2 is 2.11 bits per heavy atom. The van der Waals surface area contributed by atoms with Crippen LogP contribution in [0.1, 0.15) is 27.1 Å². The number of aromatic carboxylic acids is 1. The Kier molecular flexibility index (Phi) is 3.12. The summed E-state index contributed by atoms with van der Waals surface area (Å²) in [4.78, 5) is 26.5. The zero-order valence-electron chi connectivity index (χ0n) is 9.51. The van der Waals surface area contributed by atoms with E-state index in [1.54, 1.807) is 24.3 Å². The molecule has 0 saturated carbocycles. The highest BCUT2D eigenvalue weighted by Gasteiger charge is 2.21. The van der Waals surface area contributed by atoms with Crippen molar-refractivity contribution in [2.24, 2.45) is 0 Å². The normalized spacial score (nSPS) is 10.3. The Morgan fingerprint density at radius 1 is 1.39 bits per heavy atom. The maximum Gasteiger partial charge on any atom is 0.356 e. The van der Waals surface area contributed by atoms with Gasteiger partial charge in [0.15, 0.2) is 11.5 Å². The number of carboxylic acid groups (broad SMARTS) is 1. The fourth-order valence-corrected chi connectivity index (χ4v) is 2.45. The van der Waals surface area contributed by atoms with Crippen molar-refractivity contribution in [1.29, 1.82) is 0 Å². The molecular weight excluding hydrogens is 252 g/mol. The van der Waals surface area contributed by atoms with Gasteiger partial charge in [0.25, 0.3) is 0 Å². The molecule has 0 radical (unpaired) electrons. The van der Waals surface area contributed by atoms with E-state index in [9.17, 15) is 9.59 Å². The van der Waals surface area contributed by atoms with E-state index in [0.717, 1.165) is 11.3 Å². The van der Waals surface area contributed by atoms with Gasteiger partial charge < -0.3 is 10.8 Å². The monoisotopic (exact) mass is 262 g/mol. The number of rotatable bonds is 3. The molecule has 0 amide bonds. The van der Waals surface area contributed by atoms with Crippen LogP contribution in [-0.2, 0) is 0 Å². The minimum absolute atomic E-state index is 0.153. The number of hydrogen-bond acceptors (Lipinski definition) is 5. The Balaban J connectivity index is 2.57. The molecule has 2 rings (SSSR count). The second kappa shape index (κ2) is 4.58. The molecule has 0 fully saturated rings. The maximum atomic E-state index is 11.4. The zero-order valence-corrected chi connectivity index (χ0v) is 10.3. The molecule has 1 aromatic heterocycles. The van der Waals surface area contributed by atoms with Crippen molar-refractivity contribution in [2.75, 3.05) is 5.73 Å². The average molecular weight is 262 g/mol. The third-order valence-electron chi connectivity index (χ3n) is 2.28. The maximum absolute atomic E-state index is 11.4. The second-order valence-corrected chi connectivity index (χ2v) is 4.68. The summed E-state index contributed by atoms with van der Waals surface area (Å²) in [5.41, 5.74) is 6.71. The second-order valence-electron chi connectivity index (χ2n) is 3.68. The van der Waals surface area contributed by atoms with E-state index in [1.165, 1.54) is 6.92 Å². The first-order valence-electron chi connectivity index (χ1n) is 5.10. The summed E-state index contributed by atoms with van der Waals surface area (Å²) in [5.74, 6) is -1.51. The molecule has 1 heterocycles. The number of aromatic nitrogens is 1. The Morgan fingerprint density at radius 3 is 2.61 bits per heavy atom. The van der Waals surface area contributed by atoms with Gasteiger partial charge in [-0.25, -0.2) is 9.78 Å². The summed E-state index contributed by atoms with van der Waals surface area (Å²) < 4.78 is 0. The average Bonchev–Trinajstić information content (AvgIpc) is 2.73. The number of Topliss-reactive ketones (excluding diaryl/α,β-unsaturated/α-hetero) is 1. The van der Waals surface area contributed by atoms with E-state index in [4.69, 9.17) is 10.8 Å². The highest BCUT2D eigenvalue weighted by Crippen LogP contribution is 2.29. The molecule has 92 valence electrons. The Hall–Kier alpha value is -2.21. The minimum atomic E-state index is -1.20. The van der Waals surface area contributed by atoms with Crippen LogP contribution in [0.5, 0.6) is 0 Å². The molecule has 2 aromatic rings. The number of ketones is 1. The van der Waals surface area contributed by atoms with Gasteiger partial charge in [-0.3, -0.25) is 4.79 Å². The van der Waals surface area contributed by atoms with Crippen LogP contribution in [-0.4, -0.2) is 21.8 Å². The molecule has 6 heteroatoms. The molecule has 0 atom stereocenters. The van der Waals surface area contributed by atoms with E-state index in [1.807, 2.05) is 0 Å². The van der Waals surface area contributed by atoms with Gasteiger partial charge in [0.1, 0.15) is 9.88 Å². The van der Waals surface area contributed by atoms with Gasteiger partial charge in [-0.2, -0.15) is 0 Å². The molecule has 1 aromatic carbocycles. The van der Waals surface area contributed by atoms with E-state index in [2.05, 4.69) is 4.98 Å². The highest BCUT2D eigenvalue weighted by atomic mass is 32.1. The van der Waals surface area contributed by atoms with Crippen molar-refractivity contribution >= 4 is 28.8 Å². The zero-order chi connectivity index (χ0) is 13.3. The van der Waals surface area contributed by atoms with Gasteiger partial charge in [-0.05, 0) is 12.1 Å². The van der Waals surface area contributed by atoms with Crippen LogP contribution in [0.2, 0.25) is 0 Å². The van der Waals surface area contributed by atoms with Gasteiger partial charge in [-0.1, -0.05) is 12.1 Å². The first-order chi connectivity index (χ1) is 8.49. The number of anilines is 1. The van der Waals surface area contributed by atoms with E-state index in [-0.39, 0.29) is 16.4 Å². The summed E-state index contributed by atoms with van der Waals surface area (Å²) in [6.45, 7) is 1.32. The smallest absolute Gasteiger partial charge is 0.356 e. The Bertz CT molecular complexity index is 603. The fourth-order valence-electron chi connectivity index (χ4n) is 1.50. The summed E-state index contributed by atoms with van der Waals surface area (Å²) >= 11 is 1.06. The molecule has 0 bridgehead atoms. The van der Waals surface area contributed by atoms with Crippen molar-refractivity contribution < 1.29 is 14.7 Å². The number of nitrogens with two attached hydrogens (primary N) is 1. The number of nitrogens with zero attached hydrogens (tertiary/aromatic N) is 1. The standard InChI is InChI=1S/C12H10N2O3S/c1-6(15)10-9(12(16)17)14-11(18-10)7-3-2-4-8(13)5-7/h2-5H,13H2,1H3,(H,16,17). The third kappa shape index (κ3) is 2.23. The quantitative estimate of drug-likeness (QED) is 0.654. The van der Waals surface area contributed by atoms with Gasteiger partial charge in [0, 0.05) is 18.2 Å². The highest BCUT2D eigenvalue weighted by molar-refractivity contribution is 7.17. The number of carbonyl (C=O) groups excluding carboxylic acids is 1. The molecule has 0 aliphatic heterocycles. The first-order valence-corrected chi connectivity index (χ1v) is 5.91. The van der Waals surface area contributed by atoms with Crippen LogP contribution in [0, 0.1) is 0 Å². The largest absolute Gasteiger partial charge is 0.476 e. The van der Waals surface area contributed by atoms with Gasteiger partial charge >= 0.3 is 5.97 Å². The fraction of sp³-hybridized carbons (Fsp3) is 0.0833. The van der Waals surface area contributed by atoms with Crippen LogP contribution in [0.25, 0.3) is 10.6 Å². The lowest BCUT2D eigenvalue weighted by molar-refractivity contribution is 0.0687. The number of nitrogen functional groups attached to an aromatic ring is 1. The van der Waals surface area contributed by atoms with E-state index in [0.29, 0.717) is 16.3 Å². The van der Waals surface area contributed by atoms with Crippen LogP contribution < -0.4 is 5.73 Å². The molecule has 3 N–H and O–H groups in total. The topological polar surface area (TPSA) is 93.3 Å². The lowest BCUT2D eigenvalue weighted by atomic mass is 10.2. The van der Waals surface area contributed by atoms with Gasteiger partial charge in [0.05, 0.1) is 0 Å². The lowest BCUT2D eigenvalue weighted by Gasteiger charge is -1.96. The number of hydrogen-bond donors (Lipinski definition) is 2. The summed E-state index contributed by atoms with van der Waals surface area (Å²) in [5, 5.41) is 9.47. The lowest BCUT2D eigenvalue weighted by Crippen LogP contribution is -2.03. The molecule has 0 spiro atoms. The molecule has 18 heavy (non-hydrogen) atoms. The predicted octanol–water partition coefficient (Wildman–Crippen LogP) is 2.29. The number of carbonyl (C=O) groups is 2. The molecule has 0 unspecified atom stereocenters. The number of thiazole rings is 1. The van der Waals surface area contributed by atoms with Crippen LogP contribution in [0.4, 0.5) is 5.69 Å². The summed E-state index contributed by atoms with van der Waals surface area (Å²) in [6.07, 6.45) is 0. The molecule has 0 aliphatic rings. The minimum Gasteiger partial charge on any atom is -0.476 e. The SMILES string of the molecule is CC(=O)c1sc(-c2cccc(N)c2)nc1C(=O)O. The predicted molar refractivity (Wildman–Crippen MR) is 68.9 cm³/mol. The van der Waals surface area contributed by atoms with Crippen molar-refractivity contribution in [3.05, 3.63) is 34.8 Å². The molecular formula is C12H10N2O3S. The summed E-state index contributed by atoms with van der Waals surface area (Å²) in [7, 11) is 0.